The van der Waals surface area contributed by atoms with E-state index in [1.807, 2.05) is 63.6 Å². The fourth-order valence-corrected chi connectivity index (χ4v) is 2.56. The Morgan fingerprint density at radius 2 is 1.75 bits per heavy atom. The van der Waals surface area contributed by atoms with Crippen molar-refractivity contribution in [1.29, 1.82) is 0 Å². The largest absolute Gasteiger partial charge is 0.504 e. The topological polar surface area (TPSA) is 49.7 Å². The first-order chi connectivity index (χ1) is 11.3. The summed E-state index contributed by atoms with van der Waals surface area (Å²) in [5.41, 5.74) is 2.57. The van der Waals surface area contributed by atoms with Gasteiger partial charge in [0.1, 0.15) is 12.6 Å². The van der Waals surface area contributed by atoms with E-state index in [9.17, 15) is 10.2 Å². The van der Waals surface area contributed by atoms with Gasteiger partial charge in [0.2, 0.25) is 0 Å². The number of quaternary nitrogens is 1. The molecule has 2 rings (SSSR count). The summed E-state index contributed by atoms with van der Waals surface area (Å²) in [4.78, 5) is 0. The number of hydrogen-bond acceptors (Lipinski definition) is 3. The first kappa shape index (κ1) is 18.0. The Morgan fingerprint density at radius 3 is 2.33 bits per heavy atom. The third-order valence-electron chi connectivity index (χ3n) is 3.72. The summed E-state index contributed by atoms with van der Waals surface area (Å²) in [7, 11) is 7.59. The summed E-state index contributed by atoms with van der Waals surface area (Å²) in [5, 5.41) is 20.7. The Labute approximate surface area is 143 Å². The van der Waals surface area contributed by atoms with Crippen LogP contribution in [0.2, 0.25) is 0 Å². The van der Waals surface area contributed by atoms with Gasteiger partial charge in [-0.3, -0.25) is 0 Å². The molecule has 2 N–H and O–H groups in total. The second-order valence-corrected chi connectivity index (χ2v) is 6.89. The number of benzene rings is 2. The van der Waals surface area contributed by atoms with Gasteiger partial charge in [0.25, 0.3) is 0 Å². The van der Waals surface area contributed by atoms with E-state index < -0.39 is 6.10 Å². The molecule has 4 nitrogen and oxygen atoms in total. The summed E-state index contributed by atoms with van der Waals surface area (Å²) in [6.45, 7) is 0.556. The Kier molecular flexibility index (Phi) is 5.65. The first-order valence-electron chi connectivity index (χ1n) is 7.93. The van der Waals surface area contributed by atoms with Crippen LogP contribution in [0.1, 0.15) is 22.8 Å². The van der Waals surface area contributed by atoms with Crippen molar-refractivity contribution in [3.63, 3.8) is 0 Å². The smallest absolute Gasteiger partial charge is 0.160 e. The van der Waals surface area contributed by atoms with E-state index in [0.717, 1.165) is 16.7 Å². The number of hydrogen-bond donors (Lipinski definition) is 2. The molecule has 0 bridgehead atoms. The summed E-state index contributed by atoms with van der Waals surface area (Å²) in [5.74, 6) is 0.425. The lowest BCUT2D eigenvalue weighted by Gasteiger charge is -2.27. The Balaban J connectivity index is 2.41. The van der Waals surface area contributed by atoms with E-state index >= 15 is 0 Å². The molecule has 2 aromatic rings. The van der Waals surface area contributed by atoms with Gasteiger partial charge in [-0.05, 0) is 28.8 Å². The van der Waals surface area contributed by atoms with Crippen molar-refractivity contribution in [3.05, 3.63) is 59.2 Å². The fraction of sp³-hybridized carbons (Fsp3) is 0.300. The molecule has 0 saturated heterocycles. The van der Waals surface area contributed by atoms with Crippen LogP contribution in [0, 0.1) is 0 Å². The average Bonchev–Trinajstić information content (AvgIpc) is 2.52. The van der Waals surface area contributed by atoms with E-state index in [2.05, 4.69) is 0 Å². The number of phenols is 1. The molecule has 0 aliphatic heterocycles. The minimum absolute atomic E-state index is 0.0615. The molecule has 0 spiro atoms. The minimum atomic E-state index is -0.657. The quantitative estimate of drug-likeness (QED) is 0.632. The minimum Gasteiger partial charge on any atom is -0.504 e. The highest BCUT2D eigenvalue weighted by Crippen LogP contribution is 2.34. The Morgan fingerprint density at radius 1 is 1.08 bits per heavy atom. The molecule has 24 heavy (non-hydrogen) atoms. The number of phenolic OH excluding ortho intramolecular Hbond substituents is 1. The summed E-state index contributed by atoms with van der Waals surface area (Å²) < 4.78 is 5.82. The van der Waals surface area contributed by atoms with E-state index in [4.69, 9.17) is 4.74 Å². The Bertz CT molecular complexity index is 703. The van der Waals surface area contributed by atoms with E-state index in [1.165, 1.54) is 7.11 Å². The molecule has 128 valence electrons. The molecular formula is C20H26NO3+. The van der Waals surface area contributed by atoms with Crippen molar-refractivity contribution in [3.8, 4) is 11.5 Å². The van der Waals surface area contributed by atoms with Crippen LogP contribution < -0.4 is 4.74 Å². The van der Waals surface area contributed by atoms with Crippen LogP contribution in [0.3, 0.4) is 0 Å². The number of aromatic hydroxyl groups is 1. The lowest BCUT2D eigenvalue weighted by atomic mass is 9.99. The molecular weight excluding hydrogens is 302 g/mol. The maximum atomic E-state index is 10.7. The molecule has 0 aliphatic carbocycles. The van der Waals surface area contributed by atoms with Gasteiger partial charge in [-0.2, -0.15) is 0 Å². The number of aliphatic hydroxyl groups excluding tert-OH is 1. The van der Waals surface area contributed by atoms with Gasteiger partial charge in [0.15, 0.2) is 11.5 Å². The van der Waals surface area contributed by atoms with E-state index in [-0.39, 0.29) is 5.75 Å². The lowest BCUT2D eigenvalue weighted by Crippen LogP contribution is -2.38. The maximum Gasteiger partial charge on any atom is 0.160 e. The molecule has 4 heteroatoms. The monoisotopic (exact) mass is 328 g/mol. The second-order valence-electron chi connectivity index (χ2n) is 6.89. The molecule has 1 unspecified atom stereocenters. The number of likely N-dealkylation sites (N-methyl/N-ethyl adjacent to an activating group) is 1. The zero-order valence-corrected chi connectivity index (χ0v) is 14.7. The van der Waals surface area contributed by atoms with E-state index in [0.29, 0.717) is 16.8 Å². The molecule has 0 saturated carbocycles. The van der Waals surface area contributed by atoms with Gasteiger partial charge in [0.05, 0.1) is 28.3 Å². The molecule has 0 fully saturated rings. The Hall–Kier alpha value is -2.30. The fourth-order valence-electron chi connectivity index (χ4n) is 2.56. The van der Waals surface area contributed by atoms with Crippen LogP contribution in [-0.4, -0.2) is 49.5 Å². The molecule has 0 heterocycles. The summed E-state index contributed by atoms with van der Waals surface area (Å²) in [6, 6.07) is 13.2. The molecule has 0 amide bonds. The van der Waals surface area contributed by atoms with E-state index in [1.54, 1.807) is 12.1 Å². The van der Waals surface area contributed by atoms with Gasteiger partial charge in [-0.1, -0.05) is 42.5 Å². The van der Waals surface area contributed by atoms with Crippen LogP contribution in [0.25, 0.3) is 12.2 Å². The van der Waals surface area contributed by atoms with Crippen LogP contribution in [0.4, 0.5) is 0 Å². The molecule has 1 atom stereocenters. The van der Waals surface area contributed by atoms with Gasteiger partial charge in [-0.15, -0.1) is 0 Å². The molecule has 2 aromatic carbocycles. The predicted octanol–water partition coefficient (Wildman–Crippen LogP) is 3.31. The first-order valence-corrected chi connectivity index (χ1v) is 7.93. The number of aliphatic hydroxyl groups is 1. The second kappa shape index (κ2) is 7.51. The highest BCUT2D eigenvalue weighted by Gasteiger charge is 2.21. The summed E-state index contributed by atoms with van der Waals surface area (Å²) in [6.07, 6.45) is 3.21. The lowest BCUT2D eigenvalue weighted by molar-refractivity contribution is -0.874. The van der Waals surface area contributed by atoms with Gasteiger partial charge < -0.3 is 19.4 Å². The molecule has 0 radical (unpaired) electrons. The van der Waals surface area contributed by atoms with Crippen LogP contribution in [0.5, 0.6) is 11.5 Å². The standard InChI is InChI=1S/C20H25NO3/c1-21(2,3)14-19(23)17-13-20(24-4)18(22)12-16(17)11-10-15-8-6-5-7-9-15/h5-13,19,23H,14H2,1-4H3/p+1. The zero-order valence-electron chi connectivity index (χ0n) is 14.7. The normalized spacial score (nSPS) is 13.2. The van der Waals surface area contributed by atoms with Crippen molar-refractivity contribution in [2.24, 2.45) is 0 Å². The van der Waals surface area contributed by atoms with Gasteiger partial charge in [-0.25, -0.2) is 0 Å². The van der Waals surface area contributed by atoms with Gasteiger partial charge >= 0.3 is 0 Å². The highest BCUT2D eigenvalue weighted by molar-refractivity contribution is 5.73. The van der Waals surface area contributed by atoms with Crippen molar-refractivity contribution >= 4 is 12.2 Å². The summed E-state index contributed by atoms with van der Waals surface area (Å²) >= 11 is 0. The number of rotatable bonds is 6. The van der Waals surface area contributed by atoms with Gasteiger partial charge in [0, 0.05) is 0 Å². The molecule has 0 aromatic heterocycles. The number of methoxy groups -OCH3 is 1. The van der Waals surface area contributed by atoms with Crippen molar-refractivity contribution in [1.82, 2.24) is 0 Å². The molecule has 0 aliphatic rings. The number of nitrogens with zero attached hydrogens (tertiary/aromatic N) is 1. The average molecular weight is 328 g/mol. The predicted molar refractivity (Wildman–Crippen MR) is 97.9 cm³/mol. The third-order valence-corrected chi connectivity index (χ3v) is 3.72. The number of ether oxygens (including phenoxy) is 1. The van der Waals surface area contributed by atoms with Crippen LogP contribution in [-0.2, 0) is 0 Å². The van der Waals surface area contributed by atoms with Crippen molar-refractivity contribution < 1.29 is 19.4 Å². The highest BCUT2D eigenvalue weighted by atomic mass is 16.5. The van der Waals surface area contributed by atoms with Crippen molar-refractivity contribution in [2.45, 2.75) is 6.10 Å². The third kappa shape index (κ3) is 4.85. The van der Waals surface area contributed by atoms with Crippen LogP contribution >= 0.6 is 0 Å². The van der Waals surface area contributed by atoms with Crippen molar-refractivity contribution in [2.75, 3.05) is 34.8 Å². The SMILES string of the molecule is COc1cc(C(O)C[N+](C)(C)C)c(C=Cc2ccccc2)cc1O. The van der Waals surface area contributed by atoms with Crippen LogP contribution in [0.15, 0.2) is 42.5 Å². The zero-order chi connectivity index (χ0) is 17.7. The maximum absolute atomic E-state index is 10.7.